The summed E-state index contributed by atoms with van der Waals surface area (Å²) in [5.74, 6) is -0.872. The molecule has 1 aliphatic heterocycles. The van der Waals surface area contributed by atoms with Crippen molar-refractivity contribution in [3.8, 4) is 0 Å². The lowest BCUT2D eigenvalue weighted by atomic mass is 10.0. The van der Waals surface area contributed by atoms with Gasteiger partial charge in [0.15, 0.2) is 0 Å². The second-order valence-electron chi connectivity index (χ2n) is 3.82. The Kier molecular flexibility index (Phi) is 3.94. The van der Waals surface area contributed by atoms with Gasteiger partial charge in [0.2, 0.25) is 0 Å². The normalized spacial score (nSPS) is 23.5. The van der Waals surface area contributed by atoms with Crippen molar-refractivity contribution in [2.75, 3.05) is 6.61 Å². The van der Waals surface area contributed by atoms with Crippen LogP contribution in [0.3, 0.4) is 0 Å². The van der Waals surface area contributed by atoms with Gasteiger partial charge in [-0.05, 0) is 13.3 Å². The van der Waals surface area contributed by atoms with Gasteiger partial charge in [-0.1, -0.05) is 6.92 Å². The average molecular weight is 215 g/mol. The van der Waals surface area contributed by atoms with Crippen molar-refractivity contribution in [1.29, 1.82) is 0 Å². The van der Waals surface area contributed by atoms with E-state index in [1.807, 2.05) is 13.8 Å². The van der Waals surface area contributed by atoms with Gasteiger partial charge in [-0.2, -0.15) is 0 Å². The molecule has 0 aliphatic carbocycles. The fraction of sp³-hybridized carbons (Fsp3) is 0.800. The highest BCUT2D eigenvalue weighted by Crippen LogP contribution is 2.20. The molecule has 0 aromatic heterocycles. The Bertz CT molecular complexity index is 254. The van der Waals surface area contributed by atoms with Gasteiger partial charge < -0.3 is 14.7 Å². The van der Waals surface area contributed by atoms with E-state index in [1.165, 1.54) is 0 Å². The minimum absolute atomic E-state index is 0.000556. The fourth-order valence-electron chi connectivity index (χ4n) is 1.78. The molecule has 0 spiro atoms. The van der Waals surface area contributed by atoms with E-state index >= 15 is 0 Å². The van der Waals surface area contributed by atoms with Crippen molar-refractivity contribution < 1.29 is 19.4 Å². The monoisotopic (exact) mass is 215 g/mol. The average Bonchev–Trinajstić information content (AvgIpc) is 2.16. The molecule has 0 aromatic rings. The van der Waals surface area contributed by atoms with E-state index in [-0.39, 0.29) is 24.6 Å². The van der Waals surface area contributed by atoms with Crippen LogP contribution in [0.5, 0.6) is 0 Å². The minimum Gasteiger partial charge on any atom is -0.481 e. The lowest BCUT2D eigenvalue weighted by molar-refractivity contribution is -0.138. The van der Waals surface area contributed by atoms with Gasteiger partial charge in [0.1, 0.15) is 0 Å². The third kappa shape index (κ3) is 2.84. The van der Waals surface area contributed by atoms with E-state index in [4.69, 9.17) is 9.84 Å². The summed E-state index contributed by atoms with van der Waals surface area (Å²) in [6.45, 7) is 4.19. The summed E-state index contributed by atoms with van der Waals surface area (Å²) in [6.07, 6.45) is 1.01. The van der Waals surface area contributed by atoms with E-state index < -0.39 is 5.97 Å². The molecule has 1 fully saturated rings. The first-order chi connectivity index (χ1) is 7.06. The molecule has 0 radical (unpaired) electrons. The Morgan fingerprint density at radius 3 is 2.93 bits per heavy atom. The van der Waals surface area contributed by atoms with Gasteiger partial charge in [0.05, 0.1) is 13.0 Å². The number of amides is 1. The Hall–Kier alpha value is -1.26. The van der Waals surface area contributed by atoms with Crippen molar-refractivity contribution in [3.63, 3.8) is 0 Å². The van der Waals surface area contributed by atoms with Crippen LogP contribution in [-0.4, -0.2) is 40.8 Å². The number of carbonyl (C=O) groups is 2. The molecule has 86 valence electrons. The van der Waals surface area contributed by atoms with Crippen molar-refractivity contribution in [2.24, 2.45) is 0 Å². The maximum Gasteiger partial charge on any atom is 0.410 e. The summed E-state index contributed by atoms with van der Waals surface area (Å²) >= 11 is 0. The van der Waals surface area contributed by atoms with Crippen LogP contribution in [0.15, 0.2) is 0 Å². The summed E-state index contributed by atoms with van der Waals surface area (Å²) in [4.78, 5) is 23.7. The lowest BCUT2D eigenvalue weighted by Crippen LogP contribution is -2.50. The van der Waals surface area contributed by atoms with Crippen LogP contribution in [0.25, 0.3) is 0 Å². The van der Waals surface area contributed by atoms with Crippen molar-refractivity contribution in [2.45, 2.75) is 45.2 Å². The number of nitrogens with zero attached hydrogens (tertiary/aromatic N) is 1. The minimum atomic E-state index is -0.872. The van der Waals surface area contributed by atoms with Gasteiger partial charge in [0.25, 0.3) is 0 Å². The molecule has 0 aromatic carbocycles. The van der Waals surface area contributed by atoms with Crippen molar-refractivity contribution in [1.82, 2.24) is 4.90 Å². The van der Waals surface area contributed by atoms with Gasteiger partial charge >= 0.3 is 12.1 Å². The number of aliphatic carboxylic acids is 1. The van der Waals surface area contributed by atoms with Crippen LogP contribution in [-0.2, 0) is 9.53 Å². The highest BCUT2D eigenvalue weighted by atomic mass is 16.6. The van der Waals surface area contributed by atoms with Gasteiger partial charge in [0, 0.05) is 18.5 Å². The summed E-state index contributed by atoms with van der Waals surface area (Å²) in [5.41, 5.74) is 0. The molecular weight excluding hydrogens is 198 g/mol. The molecule has 1 heterocycles. The van der Waals surface area contributed by atoms with Gasteiger partial charge in [-0.25, -0.2) is 4.79 Å². The molecule has 1 rings (SSSR count). The second kappa shape index (κ2) is 5.00. The van der Waals surface area contributed by atoms with Crippen LogP contribution in [0.4, 0.5) is 4.79 Å². The number of hydrogen-bond acceptors (Lipinski definition) is 3. The Morgan fingerprint density at radius 2 is 2.40 bits per heavy atom. The standard InChI is InChI=1S/C10H17NO4/c1-3-7(2)11-8(6-9(12)13)4-5-15-10(11)14/h7-8H,3-6H2,1-2H3,(H,12,13). The van der Waals surface area contributed by atoms with E-state index in [9.17, 15) is 9.59 Å². The molecule has 1 N–H and O–H groups in total. The topological polar surface area (TPSA) is 66.8 Å². The molecule has 2 unspecified atom stereocenters. The molecule has 1 aliphatic rings. The predicted octanol–water partition coefficient (Wildman–Crippen LogP) is 1.47. The molecule has 5 nitrogen and oxygen atoms in total. The number of cyclic esters (lactones) is 1. The van der Waals surface area contributed by atoms with Gasteiger partial charge in [-0.3, -0.25) is 4.79 Å². The van der Waals surface area contributed by atoms with Crippen molar-refractivity contribution >= 4 is 12.1 Å². The zero-order chi connectivity index (χ0) is 11.4. The highest BCUT2D eigenvalue weighted by Gasteiger charge is 2.33. The van der Waals surface area contributed by atoms with Crippen LogP contribution >= 0.6 is 0 Å². The molecule has 1 saturated heterocycles. The van der Waals surface area contributed by atoms with E-state index in [0.29, 0.717) is 13.0 Å². The molecule has 0 bridgehead atoms. The molecule has 2 atom stereocenters. The van der Waals surface area contributed by atoms with Crippen LogP contribution in [0, 0.1) is 0 Å². The van der Waals surface area contributed by atoms with E-state index in [1.54, 1.807) is 4.90 Å². The molecule has 0 saturated carbocycles. The smallest absolute Gasteiger partial charge is 0.410 e. The maximum atomic E-state index is 11.5. The lowest BCUT2D eigenvalue weighted by Gasteiger charge is -2.38. The van der Waals surface area contributed by atoms with Crippen molar-refractivity contribution in [3.05, 3.63) is 0 Å². The third-order valence-corrected chi connectivity index (χ3v) is 2.76. The number of carboxylic acids is 1. The molecule has 15 heavy (non-hydrogen) atoms. The molecular formula is C10H17NO4. The second-order valence-corrected chi connectivity index (χ2v) is 3.82. The summed E-state index contributed by atoms with van der Waals surface area (Å²) < 4.78 is 4.92. The zero-order valence-corrected chi connectivity index (χ0v) is 9.10. The number of carboxylic acid groups (broad SMARTS) is 1. The van der Waals surface area contributed by atoms with Crippen LogP contribution < -0.4 is 0 Å². The summed E-state index contributed by atoms with van der Waals surface area (Å²) in [6, 6.07) is -0.194. The first kappa shape index (κ1) is 11.8. The fourth-order valence-corrected chi connectivity index (χ4v) is 1.78. The van der Waals surface area contributed by atoms with Crippen LogP contribution in [0.2, 0.25) is 0 Å². The summed E-state index contributed by atoms with van der Waals surface area (Å²) in [5, 5.41) is 8.75. The first-order valence-electron chi connectivity index (χ1n) is 5.23. The predicted molar refractivity (Wildman–Crippen MR) is 53.6 cm³/mol. The highest BCUT2D eigenvalue weighted by molar-refractivity contribution is 5.72. The Balaban J connectivity index is 2.72. The number of rotatable bonds is 4. The first-order valence-corrected chi connectivity index (χ1v) is 5.23. The quantitative estimate of drug-likeness (QED) is 0.771. The summed E-state index contributed by atoms with van der Waals surface area (Å²) in [7, 11) is 0. The number of ether oxygens (including phenoxy) is 1. The Labute approximate surface area is 89.0 Å². The SMILES string of the molecule is CCC(C)N1C(=O)OCCC1CC(=O)O. The third-order valence-electron chi connectivity index (χ3n) is 2.76. The van der Waals surface area contributed by atoms with Gasteiger partial charge in [-0.15, -0.1) is 0 Å². The molecule has 5 heteroatoms. The number of hydrogen-bond donors (Lipinski definition) is 1. The largest absolute Gasteiger partial charge is 0.481 e. The maximum absolute atomic E-state index is 11.5. The van der Waals surface area contributed by atoms with E-state index in [0.717, 1.165) is 6.42 Å². The zero-order valence-electron chi connectivity index (χ0n) is 9.10. The van der Waals surface area contributed by atoms with Crippen LogP contribution in [0.1, 0.15) is 33.1 Å². The number of carbonyl (C=O) groups excluding carboxylic acids is 1. The Morgan fingerprint density at radius 1 is 1.73 bits per heavy atom. The van der Waals surface area contributed by atoms with E-state index in [2.05, 4.69) is 0 Å². The molecule has 1 amide bonds.